The number of benzene rings is 1. The lowest BCUT2D eigenvalue weighted by molar-refractivity contribution is -0.484. The highest BCUT2D eigenvalue weighted by molar-refractivity contribution is 5.55. The summed E-state index contributed by atoms with van der Waals surface area (Å²) in [7, 11) is 0. The maximum atomic E-state index is 13.0. The normalized spacial score (nSPS) is 14.1. The topological polar surface area (TPSA) is 60.2 Å². The molecule has 0 aliphatic heterocycles. The Bertz CT molecular complexity index is 437. The molecule has 0 saturated carbocycles. The first kappa shape index (κ1) is 13.2. The van der Waals surface area contributed by atoms with Crippen LogP contribution in [0.4, 0.5) is 8.78 Å². The minimum Gasteiger partial charge on any atom is -0.303 e. The summed E-state index contributed by atoms with van der Waals surface area (Å²) in [5, 5.41) is 10.5. The molecule has 0 bridgehead atoms. The highest BCUT2D eigenvalue weighted by Gasteiger charge is 2.25. The fourth-order valence-electron chi connectivity index (χ4n) is 1.57. The molecule has 1 aromatic rings. The van der Waals surface area contributed by atoms with E-state index in [2.05, 4.69) is 0 Å². The van der Waals surface area contributed by atoms with Crippen LogP contribution in [0.1, 0.15) is 18.4 Å². The molecular formula is C11H11F2NO3. The zero-order valence-electron chi connectivity index (χ0n) is 9.10. The molecule has 0 amide bonds. The minimum absolute atomic E-state index is 0.250. The third-order valence-electron chi connectivity index (χ3n) is 2.57. The summed E-state index contributed by atoms with van der Waals surface area (Å²) < 4.78 is 25.7. The summed E-state index contributed by atoms with van der Waals surface area (Å²) in [5.41, 5.74) is 0.250. The van der Waals surface area contributed by atoms with Crippen molar-refractivity contribution in [1.29, 1.82) is 0 Å². The van der Waals surface area contributed by atoms with E-state index in [-0.39, 0.29) is 5.56 Å². The van der Waals surface area contributed by atoms with Gasteiger partial charge < -0.3 is 4.79 Å². The molecule has 0 saturated heterocycles. The second-order valence-corrected chi connectivity index (χ2v) is 3.79. The lowest BCUT2D eigenvalue weighted by atomic mass is 9.88. The molecule has 0 aromatic heterocycles. The van der Waals surface area contributed by atoms with Crippen molar-refractivity contribution in [1.82, 2.24) is 0 Å². The zero-order chi connectivity index (χ0) is 13.0. The number of carbonyl (C=O) groups is 1. The highest BCUT2D eigenvalue weighted by atomic mass is 19.2. The molecule has 4 nitrogen and oxygen atoms in total. The Balaban J connectivity index is 3.07. The Morgan fingerprint density at radius 2 is 2.06 bits per heavy atom. The van der Waals surface area contributed by atoms with Crippen LogP contribution >= 0.6 is 0 Å². The first-order valence-electron chi connectivity index (χ1n) is 4.97. The number of rotatable bonds is 5. The smallest absolute Gasteiger partial charge is 0.211 e. The van der Waals surface area contributed by atoms with Crippen molar-refractivity contribution in [3.8, 4) is 0 Å². The predicted molar refractivity (Wildman–Crippen MR) is 56.2 cm³/mol. The van der Waals surface area contributed by atoms with Crippen molar-refractivity contribution in [3.05, 3.63) is 45.5 Å². The lowest BCUT2D eigenvalue weighted by Gasteiger charge is -2.16. The molecule has 1 rings (SSSR count). The summed E-state index contributed by atoms with van der Waals surface area (Å²) in [6.07, 6.45) is 0.565. The quantitative estimate of drug-likeness (QED) is 0.452. The van der Waals surface area contributed by atoms with Crippen LogP contribution in [0.2, 0.25) is 0 Å². The average molecular weight is 243 g/mol. The number of nitrogens with zero attached hydrogens (tertiary/aromatic N) is 1. The molecule has 2 atom stereocenters. The molecule has 0 heterocycles. The van der Waals surface area contributed by atoms with Gasteiger partial charge in [-0.3, -0.25) is 10.1 Å². The molecule has 0 radical (unpaired) electrons. The van der Waals surface area contributed by atoms with Crippen molar-refractivity contribution < 1.29 is 18.5 Å². The van der Waals surface area contributed by atoms with E-state index >= 15 is 0 Å². The van der Waals surface area contributed by atoms with Gasteiger partial charge in [-0.1, -0.05) is 13.0 Å². The lowest BCUT2D eigenvalue weighted by Crippen LogP contribution is -2.20. The molecule has 0 aliphatic carbocycles. The Morgan fingerprint density at radius 1 is 1.41 bits per heavy atom. The molecule has 0 fully saturated rings. The van der Waals surface area contributed by atoms with E-state index in [0.29, 0.717) is 6.29 Å². The van der Waals surface area contributed by atoms with Gasteiger partial charge in [-0.2, -0.15) is 0 Å². The summed E-state index contributed by atoms with van der Waals surface area (Å²) in [6, 6.07) is 3.05. The fourth-order valence-corrected chi connectivity index (χ4v) is 1.57. The van der Waals surface area contributed by atoms with Gasteiger partial charge in [0.15, 0.2) is 11.6 Å². The maximum Gasteiger partial charge on any atom is 0.211 e. The van der Waals surface area contributed by atoms with E-state index in [0.717, 1.165) is 12.1 Å². The Labute approximate surface area is 96.4 Å². The molecule has 17 heavy (non-hydrogen) atoms. The van der Waals surface area contributed by atoms with Crippen LogP contribution in [0.3, 0.4) is 0 Å². The van der Waals surface area contributed by atoms with Crippen molar-refractivity contribution in [3.63, 3.8) is 0 Å². The van der Waals surface area contributed by atoms with Gasteiger partial charge in [0.05, 0.1) is 5.92 Å². The van der Waals surface area contributed by atoms with Crippen LogP contribution in [-0.4, -0.2) is 17.8 Å². The maximum absolute atomic E-state index is 13.0. The summed E-state index contributed by atoms with van der Waals surface area (Å²) in [6.45, 7) is 1.01. The second kappa shape index (κ2) is 5.47. The fraction of sp³-hybridized carbons (Fsp3) is 0.364. The van der Waals surface area contributed by atoms with Gasteiger partial charge in [0.1, 0.15) is 6.29 Å². The third kappa shape index (κ3) is 3.30. The molecule has 0 N–H and O–H groups in total. The molecule has 1 aromatic carbocycles. The largest absolute Gasteiger partial charge is 0.303 e. The number of nitro groups is 1. The van der Waals surface area contributed by atoms with Crippen molar-refractivity contribution in [2.45, 2.75) is 12.8 Å². The SMILES string of the molecule is CC(C=O)C(C[N+](=O)[O-])c1ccc(F)c(F)c1. The number of halogens is 2. The molecule has 0 aliphatic rings. The minimum atomic E-state index is -1.08. The number of hydrogen-bond donors (Lipinski definition) is 0. The van der Waals surface area contributed by atoms with E-state index in [1.807, 2.05) is 0 Å². The summed E-state index contributed by atoms with van der Waals surface area (Å²) in [4.78, 5) is 20.6. The van der Waals surface area contributed by atoms with Crippen molar-refractivity contribution >= 4 is 6.29 Å². The van der Waals surface area contributed by atoms with Gasteiger partial charge in [0.2, 0.25) is 6.54 Å². The van der Waals surface area contributed by atoms with Crippen LogP contribution in [0, 0.1) is 27.7 Å². The molecule has 6 heteroatoms. The third-order valence-corrected chi connectivity index (χ3v) is 2.57. The summed E-state index contributed by atoms with van der Waals surface area (Å²) in [5.74, 6) is -3.48. The van der Waals surface area contributed by atoms with Crippen molar-refractivity contribution in [2.75, 3.05) is 6.54 Å². The van der Waals surface area contributed by atoms with Gasteiger partial charge in [0.25, 0.3) is 0 Å². The van der Waals surface area contributed by atoms with Crippen LogP contribution in [0.5, 0.6) is 0 Å². The van der Waals surface area contributed by atoms with E-state index in [4.69, 9.17) is 0 Å². The van der Waals surface area contributed by atoms with Gasteiger partial charge in [-0.05, 0) is 17.7 Å². The first-order valence-corrected chi connectivity index (χ1v) is 4.97. The molecule has 2 unspecified atom stereocenters. The average Bonchev–Trinajstić information content (AvgIpc) is 2.28. The Hall–Kier alpha value is -1.85. The Kier molecular flexibility index (Phi) is 4.25. The van der Waals surface area contributed by atoms with Crippen LogP contribution in [-0.2, 0) is 4.79 Å². The first-order chi connectivity index (χ1) is 7.95. The van der Waals surface area contributed by atoms with Crippen molar-refractivity contribution in [2.24, 2.45) is 5.92 Å². The molecule has 92 valence electrons. The molecule has 0 spiro atoms. The Morgan fingerprint density at radius 3 is 2.53 bits per heavy atom. The van der Waals surface area contributed by atoms with Gasteiger partial charge >= 0.3 is 0 Å². The second-order valence-electron chi connectivity index (χ2n) is 3.79. The monoisotopic (exact) mass is 243 g/mol. The summed E-state index contributed by atoms with van der Waals surface area (Å²) >= 11 is 0. The van der Waals surface area contributed by atoms with E-state index in [9.17, 15) is 23.7 Å². The highest BCUT2D eigenvalue weighted by Crippen LogP contribution is 2.25. The van der Waals surface area contributed by atoms with Gasteiger partial charge in [-0.15, -0.1) is 0 Å². The van der Waals surface area contributed by atoms with Gasteiger partial charge in [0, 0.05) is 10.8 Å². The van der Waals surface area contributed by atoms with Crippen LogP contribution < -0.4 is 0 Å². The van der Waals surface area contributed by atoms with Crippen LogP contribution in [0.15, 0.2) is 18.2 Å². The van der Waals surface area contributed by atoms with E-state index < -0.39 is 34.9 Å². The van der Waals surface area contributed by atoms with E-state index in [1.54, 1.807) is 0 Å². The standard InChI is InChI=1S/C11H11F2NO3/c1-7(6-15)9(5-14(16)17)8-2-3-10(12)11(13)4-8/h2-4,6-7,9H,5H2,1H3. The molecular weight excluding hydrogens is 232 g/mol. The predicted octanol–water partition coefficient (Wildman–Crippen LogP) is 2.16. The van der Waals surface area contributed by atoms with E-state index in [1.165, 1.54) is 13.0 Å². The zero-order valence-corrected chi connectivity index (χ0v) is 9.10. The number of carbonyl (C=O) groups excluding carboxylic acids is 1. The van der Waals surface area contributed by atoms with Gasteiger partial charge in [-0.25, -0.2) is 8.78 Å². The number of aldehydes is 1. The van der Waals surface area contributed by atoms with Crippen LogP contribution in [0.25, 0.3) is 0 Å². The number of hydrogen-bond acceptors (Lipinski definition) is 3.